The molecule has 2 aromatic heterocycles. The minimum Gasteiger partial charge on any atom is -0.461 e. The van der Waals surface area contributed by atoms with Crippen molar-refractivity contribution < 1.29 is 46.9 Å². The van der Waals surface area contributed by atoms with Gasteiger partial charge in [-0.2, -0.15) is 10.2 Å². The van der Waals surface area contributed by atoms with Crippen molar-refractivity contribution in [2.24, 2.45) is 17.3 Å². The molecular formula is C41H58N5O10P. The van der Waals surface area contributed by atoms with E-state index in [-0.39, 0.29) is 28.5 Å². The Balaban J connectivity index is 1.30. The highest BCUT2D eigenvalue weighted by Gasteiger charge is 2.60. The van der Waals surface area contributed by atoms with E-state index < -0.39 is 74.1 Å². The second kappa shape index (κ2) is 16.3. The van der Waals surface area contributed by atoms with Crippen molar-refractivity contribution in [3.05, 3.63) is 54.0 Å². The zero-order chi connectivity index (χ0) is 41.5. The molecule has 3 N–H and O–H groups in total. The lowest BCUT2D eigenvalue weighted by atomic mass is 9.65. The number of nitrogens with two attached hydrogens (primary N) is 1. The van der Waals surface area contributed by atoms with Crippen LogP contribution in [0.2, 0.25) is 0 Å². The van der Waals surface area contributed by atoms with Crippen molar-refractivity contribution in [3.63, 3.8) is 0 Å². The molecule has 2 saturated carbocycles. The number of benzene rings is 1. The van der Waals surface area contributed by atoms with Gasteiger partial charge in [0.25, 0.3) is 0 Å². The number of hydrogen-bond acceptors (Lipinski definition) is 13. The molecule has 3 fully saturated rings. The summed E-state index contributed by atoms with van der Waals surface area (Å²) < 4.78 is 53.3. The average molecular weight is 812 g/mol. The first kappa shape index (κ1) is 42.6. The van der Waals surface area contributed by atoms with Crippen LogP contribution < -0.4 is 15.3 Å². The molecule has 1 saturated heterocycles. The number of ether oxygens (including phenoxy) is 4. The van der Waals surface area contributed by atoms with Gasteiger partial charge >= 0.3 is 25.7 Å². The van der Waals surface area contributed by atoms with Crippen LogP contribution in [-0.4, -0.2) is 69.6 Å². The van der Waals surface area contributed by atoms with Crippen molar-refractivity contribution in [2.45, 2.75) is 142 Å². The number of nitrogens with one attached hydrogen (secondary N) is 1. The predicted octanol–water partition coefficient (Wildman–Crippen LogP) is 6.81. The van der Waals surface area contributed by atoms with Gasteiger partial charge in [-0.15, -0.1) is 0 Å². The Kier molecular flexibility index (Phi) is 12.2. The number of aromatic nitrogens is 3. The number of carbonyl (C=O) groups excluding carboxylic acids is 3. The lowest BCUT2D eigenvalue weighted by Crippen LogP contribution is -2.46. The SMILES string of the molecule is CC(C)C(=O)O[C@H]1[C@@H](OC(=O)C(C)C)[C@](C)(c2ccc3c(N)ncnn23)O[C@@H]1COP(=O)(N[C@@H](C)C(=O)OC1CC2(CCCC2)C1)Oc1ccc(C(C)(C)C)cc1. The second-order valence-corrected chi connectivity index (χ2v) is 19.4. The summed E-state index contributed by atoms with van der Waals surface area (Å²) in [5.74, 6) is -2.40. The molecule has 0 radical (unpaired) electrons. The summed E-state index contributed by atoms with van der Waals surface area (Å²) >= 11 is 0. The fourth-order valence-electron chi connectivity index (χ4n) is 7.96. The number of hydrogen-bond donors (Lipinski definition) is 2. The lowest BCUT2D eigenvalue weighted by Gasteiger charge is -2.44. The molecule has 16 heteroatoms. The maximum atomic E-state index is 14.9. The van der Waals surface area contributed by atoms with E-state index in [2.05, 4.69) is 35.9 Å². The molecule has 57 heavy (non-hydrogen) atoms. The molecule has 3 aromatic rings. The van der Waals surface area contributed by atoms with E-state index in [1.165, 1.54) is 30.6 Å². The van der Waals surface area contributed by atoms with Crippen molar-refractivity contribution in [1.29, 1.82) is 0 Å². The van der Waals surface area contributed by atoms with Gasteiger partial charge in [-0.25, -0.2) is 14.1 Å². The molecule has 0 amide bonds. The summed E-state index contributed by atoms with van der Waals surface area (Å²) in [5.41, 5.74) is 6.69. The topological polar surface area (TPSA) is 192 Å². The van der Waals surface area contributed by atoms with Crippen LogP contribution in [0.15, 0.2) is 42.7 Å². The molecule has 6 rings (SSSR count). The van der Waals surface area contributed by atoms with Gasteiger partial charge in [-0.3, -0.25) is 18.9 Å². The van der Waals surface area contributed by atoms with Crippen molar-refractivity contribution in [3.8, 4) is 5.75 Å². The van der Waals surface area contributed by atoms with Crippen molar-refractivity contribution in [1.82, 2.24) is 19.7 Å². The highest BCUT2D eigenvalue weighted by Crippen LogP contribution is 2.54. The van der Waals surface area contributed by atoms with Crippen LogP contribution in [0.5, 0.6) is 5.75 Å². The maximum Gasteiger partial charge on any atom is 0.459 e. The molecule has 312 valence electrons. The Morgan fingerprint density at radius 3 is 2.19 bits per heavy atom. The second-order valence-electron chi connectivity index (χ2n) is 17.7. The number of rotatable bonds is 14. The average Bonchev–Trinajstić information content (AvgIpc) is 3.85. The normalized spacial score (nSPS) is 25.0. The summed E-state index contributed by atoms with van der Waals surface area (Å²) in [4.78, 5) is 44.1. The summed E-state index contributed by atoms with van der Waals surface area (Å²) in [7, 11) is -4.43. The minimum absolute atomic E-state index is 0.151. The highest BCUT2D eigenvalue weighted by molar-refractivity contribution is 7.52. The molecular weight excluding hydrogens is 753 g/mol. The Bertz CT molecular complexity index is 1980. The molecule has 1 aromatic carbocycles. The van der Waals surface area contributed by atoms with Gasteiger partial charge in [0.2, 0.25) is 0 Å². The van der Waals surface area contributed by atoms with Crippen LogP contribution in [0, 0.1) is 17.3 Å². The molecule has 3 heterocycles. The minimum atomic E-state index is -4.43. The van der Waals surface area contributed by atoms with Gasteiger partial charge < -0.3 is 29.2 Å². The van der Waals surface area contributed by atoms with E-state index in [1.54, 1.807) is 58.9 Å². The Labute approximate surface area is 334 Å². The predicted molar refractivity (Wildman–Crippen MR) is 211 cm³/mol. The quantitative estimate of drug-likeness (QED) is 0.0981. The van der Waals surface area contributed by atoms with Gasteiger partial charge in [-0.1, -0.05) is 73.4 Å². The number of esters is 3. The molecule has 1 aliphatic heterocycles. The third-order valence-electron chi connectivity index (χ3n) is 11.4. The monoisotopic (exact) mass is 811 g/mol. The fourth-order valence-corrected chi connectivity index (χ4v) is 9.47. The first-order valence-corrected chi connectivity index (χ1v) is 21.5. The molecule has 6 atom stereocenters. The Morgan fingerprint density at radius 2 is 1.58 bits per heavy atom. The lowest BCUT2D eigenvalue weighted by molar-refractivity contribution is -0.175. The van der Waals surface area contributed by atoms with E-state index >= 15 is 0 Å². The Hall–Kier alpha value is -4.04. The first-order valence-electron chi connectivity index (χ1n) is 19.9. The largest absolute Gasteiger partial charge is 0.461 e. The van der Waals surface area contributed by atoms with Crippen LogP contribution in [0.1, 0.15) is 112 Å². The number of nitrogens with zero attached hydrogens (tertiary/aromatic N) is 3. The Morgan fingerprint density at radius 1 is 0.947 bits per heavy atom. The molecule has 1 unspecified atom stereocenters. The highest BCUT2D eigenvalue weighted by atomic mass is 31.2. The maximum absolute atomic E-state index is 14.9. The fraction of sp³-hybridized carbons (Fsp3) is 0.634. The van der Waals surface area contributed by atoms with Gasteiger partial charge in [0.1, 0.15) is 41.4 Å². The number of anilines is 1. The van der Waals surface area contributed by atoms with Crippen LogP contribution in [0.3, 0.4) is 0 Å². The van der Waals surface area contributed by atoms with E-state index in [0.29, 0.717) is 11.2 Å². The van der Waals surface area contributed by atoms with E-state index in [9.17, 15) is 18.9 Å². The molecule has 1 spiro atoms. The van der Waals surface area contributed by atoms with Gasteiger partial charge in [-0.05, 0) is 80.2 Å². The zero-order valence-corrected chi connectivity index (χ0v) is 35.4. The summed E-state index contributed by atoms with van der Waals surface area (Å²) in [5, 5.41) is 7.17. The van der Waals surface area contributed by atoms with Crippen LogP contribution in [0.4, 0.5) is 5.82 Å². The smallest absolute Gasteiger partial charge is 0.459 e. The van der Waals surface area contributed by atoms with E-state index in [1.807, 2.05) is 12.1 Å². The molecule has 0 bridgehead atoms. The van der Waals surface area contributed by atoms with Crippen molar-refractivity contribution in [2.75, 3.05) is 12.3 Å². The standard InChI is InChI=1S/C41H58N5O10P/c1-24(2)36(47)53-33-31(55-40(9,34(33)54-37(48)25(3)4)32-17-16-30-35(42)43-23-44-46(30)32)22-51-57(50,56-28-14-12-27(13-15-28)39(6,7)8)45-26(5)38(49)52-29-20-41(21-29)18-10-11-19-41/h12-17,23-26,29,31,33-34H,10-11,18-22H2,1-9H3,(H,45,50)(H2,42,43,44)/t26-,31+,33+,34+,40-,57?/m0/s1. The van der Waals surface area contributed by atoms with Gasteiger partial charge in [0, 0.05) is 0 Å². The summed E-state index contributed by atoms with van der Waals surface area (Å²) in [6.07, 6.45) is 3.76. The van der Waals surface area contributed by atoms with Gasteiger partial charge in [0.05, 0.1) is 24.1 Å². The van der Waals surface area contributed by atoms with E-state index in [0.717, 1.165) is 31.2 Å². The third kappa shape index (κ3) is 9.16. The number of fused-ring (bicyclic) bond motifs is 1. The number of carbonyl (C=O) groups is 3. The number of nitrogen functional groups attached to an aromatic ring is 1. The summed E-state index contributed by atoms with van der Waals surface area (Å²) in [6.45, 7) is 15.7. The van der Waals surface area contributed by atoms with E-state index in [4.69, 9.17) is 33.7 Å². The van der Waals surface area contributed by atoms with Crippen molar-refractivity contribution >= 4 is 37.0 Å². The zero-order valence-electron chi connectivity index (χ0n) is 34.5. The summed E-state index contributed by atoms with van der Waals surface area (Å²) in [6, 6.07) is 9.41. The van der Waals surface area contributed by atoms with Crippen LogP contribution in [0.25, 0.3) is 5.52 Å². The van der Waals surface area contributed by atoms with Gasteiger partial charge in [0.15, 0.2) is 18.0 Å². The first-order chi connectivity index (χ1) is 26.7. The van der Waals surface area contributed by atoms with Crippen LogP contribution in [-0.2, 0) is 53.4 Å². The molecule has 2 aliphatic carbocycles. The third-order valence-corrected chi connectivity index (χ3v) is 13.0. The molecule has 3 aliphatic rings. The molecule has 15 nitrogen and oxygen atoms in total. The van der Waals surface area contributed by atoms with Crippen LogP contribution >= 0.6 is 7.75 Å².